The Morgan fingerprint density at radius 2 is 1.90 bits per heavy atom. The molecule has 0 radical (unpaired) electrons. The zero-order chi connectivity index (χ0) is 14.8. The lowest BCUT2D eigenvalue weighted by Gasteiger charge is -2.16. The molecule has 0 amide bonds. The van der Waals surface area contributed by atoms with Crippen LogP contribution >= 0.6 is 15.9 Å². The van der Waals surface area contributed by atoms with Gasteiger partial charge < -0.3 is 14.2 Å². The van der Waals surface area contributed by atoms with Gasteiger partial charge in [0, 0.05) is 16.0 Å². The average molecular weight is 349 g/mol. The summed E-state index contributed by atoms with van der Waals surface area (Å²) in [6, 6.07) is 13.9. The SMILES string of the molecule is COc1ccc(CO[C@H]2Oc3ccc(Br)cc3[C@H]2C)cc1. The third kappa shape index (κ3) is 3.06. The second-order valence-corrected chi connectivity index (χ2v) is 6.03. The van der Waals surface area contributed by atoms with Crippen molar-refractivity contribution in [3.05, 3.63) is 58.1 Å². The predicted octanol–water partition coefficient (Wildman–Crippen LogP) is 4.50. The first-order chi connectivity index (χ1) is 10.2. The van der Waals surface area contributed by atoms with E-state index < -0.39 is 0 Å². The van der Waals surface area contributed by atoms with Crippen LogP contribution in [0.5, 0.6) is 11.5 Å². The van der Waals surface area contributed by atoms with Crippen molar-refractivity contribution >= 4 is 15.9 Å². The van der Waals surface area contributed by atoms with E-state index in [-0.39, 0.29) is 12.2 Å². The largest absolute Gasteiger partial charge is 0.497 e. The highest BCUT2D eigenvalue weighted by atomic mass is 79.9. The molecular weight excluding hydrogens is 332 g/mol. The number of hydrogen-bond donors (Lipinski definition) is 0. The second kappa shape index (κ2) is 6.08. The van der Waals surface area contributed by atoms with E-state index in [0.29, 0.717) is 6.61 Å². The Balaban J connectivity index is 1.64. The van der Waals surface area contributed by atoms with E-state index in [1.807, 2.05) is 36.4 Å². The quantitative estimate of drug-likeness (QED) is 0.814. The summed E-state index contributed by atoms with van der Waals surface area (Å²) in [6.45, 7) is 2.64. The zero-order valence-electron chi connectivity index (χ0n) is 12.0. The topological polar surface area (TPSA) is 27.7 Å². The Labute approximate surface area is 133 Å². The smallest absolute Gasteiger partial charge is 0.206 e. The number of rotatable bonds is 4. The van der Waals surface area contributed by atoms with Gasteiger partial charge in [0.2, 0.25) is 6.29 Å². The zero-order valence-corrected chi connectivity index (χ0v) is 13.6. The molecule has 0 aromatic heterocycles. The van der Waals surface area contributed by atoms with Crippen LogP contribution in [0, 0.1) is 0 Å². The van der Waals surface area contributed by atoms with Crippen LogP contribution in [-0.2, 0) is 11.3 Å². The molecule has 0 fully saturated rings. The summed E-state index contributed by atoms with van der Waals surface area (Å²) < 4.78 is 18.0. The van der Waals surface area contributed by atoms with Crippen LogP contribution in [0.2, 0.25) is 0 Å². The summed E-state index contributed by atoms with van der Waals surface area (Å²) in [5.74, 6) is 1.97. The number of fused-ring (bicyclic) bond motifs is 1. The van der Waals surface area contributed by atoms with Gasteiger partial charge >= 0.3 is 0 Å². The Morgan fingerprint density at radius 3 is 2.62 bits per heavy atom. The summed E-state index contributed by atoms with van der Waals surface area (Å²) >= 11 is 3.49. The molecule has 0 bridgehead atoms. The number of benzene rings is 2. The Bertz CT molecular complexity index is 624. The number of halogens is 1. The molecule has 2 aromatic rings. The lowest BCUT2D eigenvalue weighted by molar-refractivity contribution is -0.0875. The molecule has 21 heavy (non-hydrogen) atoms. The highest BCUT2D eigenvalue weighted by Crippen LogP contribution is 2.40. The molecule has 0 aliphatic carbocycles. The fourth-order valence-corrected chi connectivity index (χ4v) is 2.81. The summed E-state index contributed by atoms with van der Waals surface area (Å²) in [7, 11) is 1.66. The molecule has 3 nitrogen and oxygen atoms in total. The van der Waals surface area contributed by atoms with Gasteiger partial charge in [0.25, 0.3) is 0 Å². The second-order valence-electron chi connectivity index (χ2n) is 5.12. The summed E-state index contributed by atoms with van der Waals surface area (Å²) in [5.41, 5.74) is 2.29. The van der Waals surface area contributed by atoms with Gasteiger partial charge in [0.15, 0.2) is 0 Å². The summed E-state index contributed by atoms with van der Waals surface area (Å²) in [6.07, 6.45) is -0.239. The van der Waals surface area contributed by atoms with Crippen molar-refractivity contribution in [2.75, 3.05) is 7.11 Å². The third-order valence-electron chi connectivity index (χ3n) is 3.69. The summed E-state index contributed by atoms with van der Waals surface area (Å²) in [4.78, 5) is 0. The van der Waals surface area contributed by atoms with E-state index in [0.717, 1.165) is 21.5 Å². The first kappa shape index (κ1) is 14.4. The first-order valence-corrected chi connectivity index (χ1v) is 7.67. The van der Waals surface area contributed by atoms with Crippen LogP contribution in [-0.4, -0.2) is 13.4 Å². The molecule has 4 heteroatoms. The van der Waals surface area contributed by atoms with Gasteiger partial charge in [-0.3, -0.25) is 0 Å². The normalized spacial score (nSPS) is 20.0. The van der Waals surface area contributed by atoms with Crippen LogP contribution in [0.3, 0.4) is 0 Å². The maximum Gasteiger partial charge on any atom is 0.206 e. The molecule has 0 unspecified atom stereocenters. The minimum atomic E-state index is -0.239. The monoisotopic (exact) mass is 348 g/mol. The molecule has 1 aliphatic rings. The molecule has 2 aromatic carbocycles. The summed E-state index contributed by atoms with van der Waals surface area (Å²) in [5, 5.41) is 0. The Hall–Kier alpha value is -1.52. The average Bonchev–Trinajstić information content (AvgIpc) is 2.82. The number of ether oxygens (including phenoxy) is 3. The van der Waals surface area contributed by atoms with E-state index in [2.05, 4.69) is 28.9 Å². The fourth-order valence-electron chi connectivity index (χ4n) is 2.43. The molecule has 110 valence electrons. The highest BCUT2D eigenvalue weighted by molar-refractivity contribution is 9.10. The first-order valence-electron chi connectivity index (χ1n) is 6.88. The molecule has 0 saturated carbocycles. The van der Waals surface area contributed by atoms with Crippen LogP contribution < -0.4 is 9.47 Å². The molecular formula is C17H17BrO3. The van der Waals surface area contributed by atoms with Gasteiger partial charge in [-0.05, 0) is 35.9 Å². The van der Waals surface area contributed by atoms with Gasteiger partial charge in [-0.25, -0.2) is 0 Å². The van der Waals surface area contributed by atoms with Gasteiger partial charge in [-0.1, -0.05) is 35.0 Å². The minimum Gasteiger partial charge on any atom is -0.497 e. The maximum atomic E-state index is 5.92. The predicted molar refractivity (Wildman–Crippen MR) is 84.8 cm³/mol. The van der Waals surface area contributed by atoms with Crippen molar-refractivity contribution in [3.63, 3.8) is 0 Å². The number of hydrogen-bond acceptors (Lipinski definition) is 3. The van der Waals surface area contributed by atoms with Crippen molar-refractivity contribution in [2.24, 2.45) is 0 Å². The van der Waals surface area contributed by atoms with Gasteiger partial charge in [-0.15, -0.1) is 0 Å². The van der Waals surface area contributed by atoms with Crippen molar-refractivity contribution in [3.8, 4) is 11.5 Å². The van der Waals surface area contributed by atoms with Crippen molar-refractivity contribution in [1.29, 1.82) is 0 Å². The van der Waals surface area contributed by atoms with E-state index in [1.165, 1.54) is 5.56 Å². The van der Waals surface area contributed by atoms with Crippen LogP contribution in [0.4, 0.5) is 0 Å². The molecule has 2 atom stereocenters. The van der Waals surface area contributed by atoms with Crippen LogP contribution in [0.15, 0.2) is 46.9 Å². The van der Waals surface area contributed by atoms with Crippen LogP contribution in [0.1, 0.15) is 24.0 Å². The maximum absolute atomic E-state index is 5.92. The minimum absolute atomic E-state index is 0.218. The Morgan fingerprint density at radius 1 is 1.14 bits per heavy atom. The molecule has 1 aliphatic heterocycles. The molecule has 3 rings (SSSR count). The fraction of sp³-hybridized carbons (Fsp3) is 0.294. The molecule has 0 N–H and O–H groups in total. The lowest BCUT2D eigenvalue weighted by atomic mass is 10.0. The van der Waals surface area contributed by atoms with Crippen molar-refractivity contribution in [2.45, 2.75) is 25.7 Å². The molecule has 1 heterocycles. The van der Waals surface area contributed by atoms with Gasteiger partial charge in [-0.2, -0.15) is 0 Å². The highest BCUT2D eigenvalue weighted by Gasteiger charge is 2.31. The third-order valence-corrected chi connectivity index (χ3v) is 4.18. The molecule has 0 saturated heterocycles. The van der Waals surface area contributed by atoms with E-state index in [1.54, 1.807) is 7.11 Å². The van der Waals surface area contributed by atoms with E-state index >= 15 is 0 Å². The lowest BCUT2D eigenvalue weighted by Crippen LogP contribution is -2.20. The van der Waals surface area contributed by atoms with Crippen molar-refractivity contribution in [1.82, 2.24) is 0 Å². The number of methoxy groups -OCH3 is 1. The standard InChI is InChI=1S/C17H17BrO3/c1-11-15-9-13(18)5-8-16(15)21-17(11)20-10-12-3-6-14(19-2)7-4-12/h3-9,11,17H,10H2,1-2H3/t11-,17+/m1/s1. The van der Waals surface area contributed by atoms with E-state index in [9.17, 15) is 0 Å². The van der Waals surface area contributed by atoms with Crippen molar-refractivity contribution < 1.29 is 14.2 Å². The van der Waals surface area contributed by atoms with Crippen LogP contribution in [0.25, 0.3) is 0 Å². The Kier molecular flexibility index (Phi) is 4.17. The molecule has 0 spiro atoms. The van der Waals surface area contributed by atoms with E-state index in [4.69, 9.17) is 14.2 Å². The van der Waals surface area contributed by atoms with Gasteiger partial charge in [0.1, 0.15) is 11.5 Å². The van der Waals surface area contributed by atoms with Gasteiger partial charge in [0.05, 0.1) is 13.7 Å².